The van der Waals surface area contributed by atoms with Crippen molar-refractivity contribution in [3.63, 3.8) is 0 Å². The number of hydrogen-bond donors (Lipinski definition) is 1. The van der Waals surface area contributed by atoms with E-state index in [-0.39, 0.29) is 6.04 Å². The molecule has 12 heteroatoms. The number of morpholine rings is 1. The third-order valence-electron chi connectivity index (χ3n) is 7.92. The predicted octanol–water partition coefficient (Wildman–Crippen LogP) is 4.54. The van der Waals surface area contributed by atoms with Crippen LogP contribution in [0.15, 0.2) is 73.3 Å². The van der Waals surface area contributed by atoms with E-state index >= 15 is 0 Å². The first-order chi connectivity index (χ1) is 22.1. The molecule has 12 nitrogen and oxygen atoms in total. The number of anilines is 4. The Bertz CT molecular complexity index is 1770. The minimum atomic E-state index is 0.213. The molecule has 4 aromatic heterocycles. The molecule has 7 rings (SSSR count). The molecule has 0 saturated carbocycles. The Morgan fingerprint density at radius 2 is 1.89 bits per heavy atom. The molecule has 228 valence electrons. The van der Waals surface area contributed by atoms with Gasteiger partial charge in [-0.3, -0.25) is 0 Å². The highest BCUT2D eigenvalue weighted by atomic mass is 16.5. The number of nitrogens with zero attached hydrogens (tertiary/aromatic N) is 9. The van der Waals surface area contributed by atoms with Gasteiger partial charge in [0.2, 0.25) is 11.8 Å². The lowest BCUT2D eigenvalue weighted by Gasteiger charge is -2.38. The predicted molar refractivity (Wildman–Crippen MR) is 171 cm³/mol. The maximum Gasteiger partial charge on any atom is 0.231 e. The Kier molecular flexibility index (Phi) is 8.11. The summed E-state index contributed by atoms with van der Waals surface area (Å²) < 4.78 is 11.6. The van der Waals surface area contributed by atoms with E-state index in [2.05, 4.69) is 47.0 Å². The maximum atomic E-state index is 5.85. The first-order valence-electron chi connectivity index (χ1n) is 15.1. The fourth-order valence-electron chi connectivity index (χ4n) is 5.56. The van der Waals surface area contributed by atoms with E-state index in [1.54, 1.807) is 24.8 Å². The number of pyridine rings is 1. The minimum Gasteiger partial charge on any atom is -0.473 e. The zero-order valence-corrected chi connectivity index (χ0v) is 25.3. The SMILES string of the molecule is Cc1cc(N2CCc3c(nc(-c4ccc(Nc5nccc(OCc6ccccc6)n5)nc4)nc3N3CCOCC3C)C2)ncn1. The number of aromatic nitrogens is 7. The summed E-state index contributed by atoms with van der Waals surface area (Å²) in [5, 5.41) is 3.17. The van der Waals surface area contributed by atoms with E-state index in [1.807, 2.05) is 55.5 Å². The summed E-state index contributed by atoms with van der Waals surface area (Å²) in [5.74, 6) is 4.00. The largest absolute Gasteiger partial charge is 0.473 e. The zero-order valence-electron chi connectivity index (χ0n) is 25.3. The fourth-order valence-corrected chi connectivity index (χ4v) is 5.56. The Labute approximate surface area is 261 Å². The van der Waals surface area contributed by atoms with Gasteiger partial charge in [-0.15, -0.1) is 0 Å². The third kappa shape index (κ3) is 6.50. The van der Waals surface area contributed by atoms with Gasteiger partial charge < -0.3 is 24.6 Å². The summed E-state index contributed by atoms with van der Waals surface area (Å²) >= 11 is 0. The van der Waals surface area contributed by atoms with Crippen molar-refractivity contribution < 1.29 is 9.47 Å². The topological polar surface area (TPSA) is 127 Å². The molecule has 0 bridgehead atoms. The van der Waals surface area contributed by atoms with Crippen LogP contribution < -0.4 is 19.9 Å². The standard InChI is InChI=1S/C33H34N10O2/c1-22-16-29(37-21-36-22)42-13-11-26-27(18-42)38-31(41-32(26)43-14-15-44-19-23(43)2)25-8-9-28(35-17-25)39-33-34-12-10-30(40-33)45-20-24-6-4-3-5-7-24/h3-10,12,16-17,21,23H,11,13-15,18-20H2,1-2H3,(H,34,35,39,40). The molecule has 0 amide bonds. The Balaban J connectivity index is 1.13. The third-order valence-corrected chi connectivity index (χ3v) is 7.92. The van der Waals surface area contributed by atoms with Crippen LogP contribution in [0.1, 0.15) is 29.4 Å². The molecule has 45 heavy (non-hydrogen) atoms. The van der Waals surface area contributed by atoms with Crippen molar-refractivity contribution in [3.8, 4) is 17.3 Å². The van der Waals surface area contributed by atoms with Crippen LogP contribution in [0.2, 0.25) is 0 Å². The van der Waals surface area contributed by atoms with E-state index in [0.717, 1.165) is 53.7 Å². The second-order valence-corrected chi connectivity index (χ2v) is 11.2. The quantitative estimate of drug-likeness (QED) is 0.268. The van der Waals surface area contributed by atoms with Crippen LogP contribution in [-0.2, 0) is 24.3 Å². The van der Waals surface area contributed by atoms with Crippen molar-refractivity contribution in [2.45, 2.75) is 39.5 Å². The number of ether oxygens (including phenoxy) is 2. The van der Waals surface area contributed by atoms with Crippen LogP contribution in [0.25, 0.3) is 11.4 Å². The molecule has 6 heterocycles. The number of rotatable bonds is 8. The van der Waals surface area contributed by atoms with Gasteiger partial charge in [0.1, 0.15) is 30.4 Å². The lowest BCUT2D eigenvalue weighted by atomic mass is 10.0. The van der Waals surface area contributed by atoms with E-state index in [1.165, 1.54) is 5.56 Å². The average Bonchev–Trinajstić information content (AvgIpc) is 3.08. The Hall–Kier alpha value is -5.23. The van der Waals surface area contributed by atoms with Crippen LogP contribution >= 0.6 is 0 Å². The van der Waals surface area contributed by atoms with E-state index in [9.17, 15) is 0 Å². The lowest BCUT2D eigenvalue weighted by molar-refractivity contribution is 0.0984. The smallest absolute Gasteiger partial charge is 0.231 e. The molecule has 5 aromatic rings. The van der Waals surface area contributed by atoms with Crippen LogP contribution in [0.3, 0.4) is 0 Å². The first-order valence-corrected chi connectivity index (χ1v) is 15.1. The summed E-state index contributed by atoms with van der Waals surface area (Å²) in [4.78, 5) is 37.1. The average molecular weight is 603 g/mol. The van der Waals surface area contributed by atoms with Gasteiger partial charge in [0.15, 0.2) is 5.82 Å². The van der Waals surface area contributed by atoms with E-state index < -0.39 is 0 Å². The molecular weight excluding hydrogens is 568 g/mol. The highest BCUT2D eigenvalue weighted by Crippen LogP contribution is 2.32. The second-order valence-electron chi connectivity index (χ2n) is 11.2. The summed E-state index contributed by atoms with van der Waals surface area (Å²) in [6.45, 7) is 8.19. The maximum absolute atomic E-state index is 5.85. The number of nitrogens with one attached hydrogen (secondary N) is 1. The molecule has 1 fully saturated rings. The highest BCUT2D eigenvalue weighted by molar-refractivity contribution is 5.63. The monoisotopic (exact) mass is 602 g/mol. The number of fused-ring (bicyclic) bond motifs is 1. The number of hydrogen-bond acceptors (Lipinski definition) is 12. The lowest BCUT2D eigenvalue weighted by Crippen LogP contribution is -2.45. The number of aryl methyl sites for hydroxylation is 1. The van der Waals surface area contributed by atoms with Gasteiger partial charge in [-0.25, -0.2) is 29.9 Å². The molecule has 1 saturated heterocycles. The fraction of sp³-hybridized carbons (Fsp3) is 0.303. The van der Waals surface area contributed by atoms with Crippen molar-refractivity contribution in [2.24, 2.45) is 0 Å². The molecule has 1 aromatic carbocycles. The summed E-state index contributed by atoms with van der Waals surface area (Å²) in [6, 6.07) is 17.8. The molecular formula is C33H34N10O2. The molecule has 0 radical (unpaired) electrons. The van der Waals surface area contributed by atoms with Gasteiger partial charge in [-0.1, -0.05) is 30.3 Å². The Morgan fingerprint density at radius 1 is 0.978 bits per heavy atom. The Morgan fingerprint density at radius 3 is 2.71 bits per heavy atom. The van der Waals surface area contributed by atoms with Crippen LogP contribution in [-0.4, -0.2) is 67.2 Å². The molecule has 1 unspecified atom stereocenters. The van der Waals surface area contributed by atoms with Crippen molar-refractivity contribution >= 4 is 23.4 Å². The molecule has 1 N–H and O–H groups in total. The summed E-state index contributed by atoms with van der Waals surface area (Å²) in [5.41, 5.74) is 5.01. The van der Waals surface area contributed by atoms with Crippen molar-refractivity contribution in [3.05, 3.63) is 95.8 Å². The first kappa shape index (κ1) is 28.5. The van der Waals surface area contributed by atoms with Crippen LogP contribution in [0.5, 0.6) is 5.88 Å². The van der Waals surface area contributed by atoms with Gasteiger partial charge in [-0.05, 0) is 38.0 Å². The normalized spacial score (nSPS) is 16.3. The molecule has 2 aliphatic rings. The molecule has 1 atom stereocenters. The highest BCUT2D eigenvalue weighted by Gasteiger charge is 2.29. The molecule has 0 aliphatic carbocycles. The summed E-state index contributed by atoms with van der Waals surface area (Å²) in [7, 11) is 0. The number of benzene rings is 1. The molecule has 2 aliphatic heterocycles. The van der Waals surface area contributed by atoms with Gasteiger partial charge >= 0.3 is 0 Å². The van der Waals surface area contributed by atoms with Crippen LogP contribution in [0.4, 0.5) is 23.4 Å². The van der Waals surface area contributed by atoms with Gasteiger partial charge in [0, 0.05) is 54.4 Å². The van der Waals surface area contributed by atoms with Gasteiger partial charge in [-0.2, -0.15) is 4.98 Å². The van der Waals surface area contributed by atoms with Gasteiger partial charge in [0.05, 0.1) is 31.5 Å². The summed E-state index contributed by atoms with van der Waals surface area (Å²) in [6.07, 6.45) is 5.88. The van der Waals surface area contributed by atoms with Crippen molar-refractivity contribution in [1.29, 1.82) is 0 Å². The zero-order chi connectivity index (χ0) is 30.6. The minimum absolute atomic E-state index is 0.213. The van der Waals surface area contributed by atoms with Crippen LogP contribution in [0, 0.1) is 6.92 Å². The van der Waals surface area contributed by atoms with Crippen molar-refractivity contribution in [2.75, 3.05) is 41.4 Å². The van der Waals surface area contributed by atoms with Gasteiger partial charge in [0.25, 0.3) is 0 Å². The van der Waals surface area contributed by atoms with Crippen molar-refractivity contribution in [1.82, 2.24) is 34.9 Å². The second kappa shape index (κ2) is 12.8. The van der Waals surface area contributed by atoms with E-state index in [4.69, 9.17) is 19.4 Å². The molecule has 0 spiro atoms. The van der Waals surface area contributed by atoms with E-state index in [0.29, 0.717) is 49.8 Å².